The van der Waals surface area contributed by atoms with Gasteiger partial charge in [-0.25, -0.2) is 9.97 Å². The molecule has 0 saturated carbocycles. The van der Waals surface area contributed by atoms with Crippen molar-refractivity contribution in [1.82, 2.24) is 9.97 Å². The zero-order valence-electron chi connectivity index (χ0n) is 12.8. The fourth-order valence-electron chi connectivity index (χ4n) is 2.71. The molecule has 3 rings (SSSR count). The van der Waals surface area contributed by atoms with Crippen molar-refractivity contribution in [2.24, 2.45) is 0 Å². The normalized spacial score (nSPS) is 14.0. The maximum atomic E-state index is 4.62. The minimum absolute atomic E-state index is 0.792. The molecule has 1 N–H and O–H groups in total. The number of aromatic nitrogens is 2. The molecule has 0 spiro atoms. The van der Waals surface area contributed by atoms with Crippen molar-refractivity contribution >= 4 is 23.0 Å². The van der Waals surface area contributed by atoms with Crippen LogP contribution in [0.1, 0.15) is 12.7 Å². The van der Waals surface area contributed by atoms with E-state index in [9.17, 15) is 0 Å². The van der Waals surface area contributed by atoms with Crippen LogP contribution in [0.25, 0.3) is 0 Å². The van der Waals surface area contributed by atoms with Gasteiger partial charge in [0.05, 0.1) is 11.4 Å². The minimum Gasteiger partial charge on any atom is -0.371 e. The predicted molar refractivity (Wildman–Crippen MR) is 87.7 cm³/mol. The van der Waals surface area contributed by atoms with Crippen molar-refractivity contribution in [3.8, 4) is 0 Å². The molecule has 110 valence electrons. The lowest BCUT2D eigenvalue weighted by molar-refractivity contribution is 0.808. The monoisotopic (exact) mass is 283 g/mol. The molecule has 5 heteroatoms. The SMILES string of the molecule is CCNc1cc(N2CCN(C)c3ccccc32)nc(C)n1. The molecule has 1 aliphatic rings. The topological polar surface area (TPSA) is 44.3 Å². The summed E-state index contributed by atoms with van der Waals surface area (Å²) in [6, 6.07) is 10.5. The zero-order valence-corrected chi connectivity index (χ0v) is 12.8. The largest absolute Gasteiger partial charge is 0.371 e. The van der Waals surface area contributed by atoms with Crippen LogP contribution in [-0.4, -0.2) is 36.6 Å². The van der Waals surface area contributed by atoms with Crippen LogP contribution in [0.5, 0.6) is 0 Å². The molecule has 0 aliphatic carbocycles. The number of aryl methyl sites for hydroxylation is 1. The standard InChI is InChI=1S/C16H21N5/c1-4-17-15-11-16(19-12(2)18-15)21-10-9-20(3)13-7-5-6-8-14(13)21/h5-8,11H,4,9-10H2,1-3H3,(H,17,18,19). The number of likely N-dealkylation sites (N-methyl/N-ethyl adjacent to an activating group) is 1. The minimum atomic E-state index is 0.792. The highest BCUT2D eigenvalue weighted by Gasteiger charge is 2.22. The second-order valence-electron chi connectivity index (χ2n) is 5.25. The molecule has 5 nitrogen and oxygen atoms in total. The quantitative estimate of drug-likeness (QED) is 0.938. The Labute approximate surface area is 125 Å². The molecule has 2 aromatic rings. The van der Waals surface area contributed by atoms with Crippen LogP contribution in [-0.2, 0) is 0 Å². The molecular formula is C16H21N5. The summed E-state index contributed by atoms with van der Waals surface area (Å²) in [5.41, 5.74) is 2.44. The Bertz CT molecular complexity index is 640. The first-order chi connectivity index (χ1) is 10.2. The molecule has 0 atom stereocenters. The van der Waals surface area contributed by atoms with E-state index in [0.29, 0.717) is 0 Å². The van der Waals surface area contributed by atoms with Gasteiger partial charge in [-0.3, -0.25) is 0 Å². The van der Waals surface area contributed by atoms with Crippen molar-refractivity contribution in [1.29, 1.82) is 0 Å². The molecule has 2 heterocycles. The van der Waals surface area contributed by atoms with E-state index in [1.165, 1.54) is 11.4 Å². The number of hydrogen-bond donors (Lipinski definition) is 1. The average molecular weight is 283 g/mol. The Hall–Kier alpha value is -2.30. The van der Waals surface area contributed by atoms with Crippen LogP contribution in [0.15, 0.2) is 30.3 Å². The van der Waals surface area contributed by atoms with Crippen LogP contribution < -0.4 is 15.1 Å². The Kier molecular flexibility index (Phi) is 3.64. The smallest absolute Gasteiger partial charge is 0.138 e. The van der Waals surface area contributed by atoms with Gasteiger partial charge in [-0.1, -0.05) is 12.1 Å². The fourth-order valence-corrected chi connectivity index (χ4v) is 2.71. The highest BCUT2D eigenvalue weighted by Crippen LogP contribution is 2.36. The van der Waals surface area contributed by atoms with Gasteiger partial charge in [0.1, 0.15) is 17.5 Å². The van der Waals surface area contributed by atoms with Crippen molar-refractivity contribution in [2.45, 2.75) is 13.8 Å². The number of benzene rings is 1. The number of nitrogens with one attached hydrogen (secondary N) is 1. The summed E-state index contributed by atoms with van der Waals surface area (Å²) in [7, 11) is 2.13. The van der Waals surface area contributed by atoms with Crippen molar-refractivity contribution < 1.29 is 0 Å². The lowest BCUT2D eigenvalue weighted by Gasteiger charge is -2.36. The maximum Gasteiger partial charge on any atom is 0.138 e. The van der Waals surface area contributed by atoms with Gasteiger partial charge in [-0.15, -0.1) is 0 Å². The van der Waals surface area contributed by atoms with E-state index in [2.05, 4.69) is 63.3 Å². The van der Waals surface area contributed by atoms with Crippen LogP contribution >= 0.6 is 0 Å². The number of fused-ring (bicyclic) bond motifs is 1. The molecule has 0 saturated heterocycles. The molecule has 0 radical (unpaired) electrons. The molecule has 1 aliphatic heterocycles. The van der Waals surface area contributed by atoms with Crippen molar-refractivity contribution in [3.63, 3.8) is 0 Å². The summed E-state index contributed by atoms with van der Waals surface area (Å²) >= 11 is 0. The lowest BCUT2D eigenvalue weighted by atomic mass is 10.1. The van der Waals surface area contributed by atoms with Crippen LogP contribution in [0.2, 0.25) is 0 Å². The third-order valence-corrected chi connectivity index (χ3v) is 3.70. The summed E-state index contributed by atoms with van der Waals surface area (Å²) in [6.45, 7) is 6.77. The summed E-state index contributed by atoms with van der Waals surface area (Å²) in [5.74, 6) is 2.63. The van der Waals surface area contributed by atoms with E-state index in [1.54, 1.807) is 0 Å². The first kappa shape index (κ1) is 13.7. The maximum absolute atomic E-state index is 4.62. The van der Waals surface area contributed by atoms with Crippen molar-refractivity contribution in [3.05, 3.63) is 36.2 Å². The summed E-state index contributed by atoms with van der Waals surface area (Å²) in [5, 5.41) is 3.27. The fraction of sp³-hybridized carbons (Fsp3) is 0.375. The second kappa shape index (κ2) is 5.60. The van der Waals surface area contributed by atoms with Gasteiger partial charge in [0.25, 0.3) is 0 Å². The number of rotatable bonds is 3. The first-order valence-corrected chi connectivity index (χ1v) is 7.36. The van der Waals surface area contributed by atoms with Crippen molar-refractivity contribution in [2.75, 3.05) is 41.8 Å². The lowest BCUT2D eigenvalue weighted by Crippen LogP contribution is -2.36. The molecule has 0 unspecified atom stereocenters. The Morgan fingerprint density at radius 2 is 1.90 bits per heavy atom. The predicted octanol–water partition coefficient (Wildman–Crippen LogP) is 2.80. The van der Waals surface area contributed by atoms with Gasteiger partial charge >= 0.3 is 0 Å². The van der Waals surface area contributed by atoms with Gasteiger partial charge in [-0.2, -0.15) is 0 Å². The number of nitrogens with zero attached hydrogens (tertiary/aromatic N) is 4. The van der Waals surface area contributed by atoms with Gasteiger partial charge < -0.3 is 15.1 Å². The molecular weight excluding hydrogens is 262 g/mol. The second-order valence-corrected chi connectivity index (χ2v) is 5.25. The highest BCUT2D eigenvalue weighted by molar-refractivity contribution is 5.78. The summed E-state index contributed by atoms with van der Waals surface area (Å²) in [6.07, 6.45) is 0. The molecule has 1 aromatic heterocycles. The number of anilines is 4. The average Bonchev–Trinajstić information content (AvgIpc) is 2.47. The molecule has 0 bridgehead atoms. The molecule has 21 heavy (non-hydrogen) atoms. The first-order valence-electron chi connectivity index (χ1n) is 7.36. The van der Waals surface area contributed by atoms with E-state index in [4.69, 9.17) is 0 Å². The molecule has 1 aromatic carbocycles. The number of para-hydroxylation sites is 2. The van der Waals surface area contributed by atoms with E-state index >= 15 is 0 Å². The van der Waals surface area contributed by atoms with Gasteiger partial charge in [0.2, 0.25) is 0 Å². The summed E-state index contributed by atoms with van der Waals surface area (Å²) < 4.78 is 0. The van der Waals surface area contributed by atoms with Crippen LogP contribution in [0, 0.1) is 6.92 Å². The third kappa shape index (κ3) is 2.63. The third-order valence-electron chi connectivity index (χ3n) is 3.70. The zero-order chi connectivity index (χ0) is 14.8. The van der Waals surface area contributed by atoms with Crippen LogP contribution in [0.4, 0.5) is 23.0 Å². The summed E-state index contributed by atoms with van der Waals surface area (Å²) in [4.78, 5) is 13.6. The molecule has 0 fully saturated rings. The highest BCUT2D eigenvalue weighted by atomic mass is 15.3. The van der Waals surface area contributed by atoms with E-state index in [-0.39, 0.29) is 0 Å². The number of hydrogen-bond acceptors (Lipinski definition) is 5. The van der Waals surface area contributed by atoms with Gasteiger partial charge in [-0.05, 0) is 26.0 Å². The van der Waals surface area contributed by atoms with Crippen LogP contribution in [0.3, 0.4) is 0 Å². The Balaban J connectivity index is 2.03. The van der Waals surface area contributed by atoms with Gasteiger partial charge in [0.15, 0.2) is 0 Å². The van der Waals surface area contributed by atoms with Gasteiger partial charge in [0, 0.05) is 32.7 Å². The Morgan fingerprint density at radius 3 is 2.67 bits per heavy atom. The Morgan fingerprint density at radius 1 is 1.14 bits per heavy atom. The van der Waals surface area contributed by atoms with E-state index in [0.717, 1.165) is 37.1 Å². The van der Waals surface area contributed by atoms with E-state index in [1.807, 2.05) is 13.0 Å². The molecule has 0 amide bonds. The van der Waals surface area contributed by atoms with E-state index < -0.39 is 0 Å².